The number of anilines is 1. The van der Waals surface area contributed by atoms with Crippen molar-refractivity contribution in [2.24, 2.45) is 0 Å². The fraction of sp³-hybridized carbons (Fsp3) is 0.364. The minimum atomic E-state index is -0.350. The van der Waals surface area contributed by atoms with E-state index >= 15 is 0 Å². The minimum absolute atomic E-state index is 0.0617. The van der Waals surface area contributed by atoms with Gasteiger partial charge in [0.25, 0.3) is 0 Å². The lowest BCUT2D eigenvalue weighted by Crippen LogP contribution is -2.29. The van der Waals surface area contributed by atoms with E-state index in [4.69, 9.17) is 0 Å². The van der Waals surface area contributed by atoms with Crippen LogP contribution in [-0.4, -0.2) is 23.3 Å². The van der Waals surface area contributed by atoms with Gasteiger partial charge in [0.2, 0.25) is 11.8 Å². The zero-order chi connectivity index (χ0) is 19.9. The van der Waals surface area contributed by atoms with Gasteiger partial charge in [0.05, 0.1) is 17.5 Å². The standard InChI is InChI=1S/C22H25FN2O2S/c1-15(17-7-6-16-4-2-3-5-18(16)12-17)24-21(26)13-28-14-22(27)25-20-10-8-19(23)9-11-20/h6-12,15H,2-5,13-14H2,1H3,(H,24,26)(H,25,27). The van der Waals surface area contributed by atoms with Gasteiger partial charge in [-0.3, -0.25) is 9.59 Å². The Balaban J connectivity index is 1.41. The Morgan fingerprint density at radius 2 is 1.68 bits per heavy atom. The zero-order valence-electron chi connectivity index (χ0n) is 16.0. The third kappa shape index (κ3) is 5.83. The molecule has 0 aliphatic heterocycles. The van der Waals surface area contributed by atoms with Gasteiger partial charge in [-0.1, -0.05) is 18.2 Å². The van der Waals surface area contributed by atoms with Gasteiger partial charge in [0, 0.05) is 5.69 Å². The highest BCUT2D eigenvalue weighted by Gasteiger charge is 2.14. The SMILES string of the molecule is CC(NC(=O)CSCC(=O)Nc1ccc(F)cc1)c1ccc2c(c1)CCCC2. The number of carbonyl (C=O) groups is 2. The van der Waals surface area contributed by atoms with Crippen molar-refractivity contribution in [3.63, 3.8) is 0 Å². The van der Waals surface area contributed by atoms with Gasteiger partial charge in [0.15, 0.2) is 0 Å². The minimum Gasteiger partial charge on any atom is -0.349 e. The van der Waals surface area contributed by atoms with E-state index in [1.165, 1.54) is 60.0 Å². The van der Waals surface area contributed by atoms with E-state index in [1.54, 1.807) is 0 Å². The first kappa shape index (κ1) is 20.4. The molecule has 1 aliphatic rings. The Bertz CT molecular complexity index is 839. The maximum atomic E-state index is 12.9. The Hall–Kier alpha value is -2.34. The quantitative estimate of drug-likeness (QED) is 0.730. The predicted molar refractivity (Wildman–Crippen MR) is 112 cm³/mol. The lowest BCUT2D eigenvalue weighted by atomic mass is 9.89. The van der Waals surface area contributed by atoms with Crippen LogP contribution in [0.2, 0.25) is 0 Å². The van der Waals surface area contributed by atoms with E-state index in [-0.39, 0.29) is 35.2 Å². The van der Waals surface area contributed by atoms with Crippen molar-refractivity contribution < 1.29 is 14.0 Å². The molecular formula is C22H25FN2O2S. The van der Waals surface area contributed by atoms with Crippen LogP contribution in [-0.2, 0) is 22.4 Å². The number of aryl methyl sites for hydroxylation is 2. The van der Waals surface area contributed by atoms with Crippen molar-refractivity contribution in [3.05, 3.63) is 65.0 Å². The summed E-state index contributed by atoms with van der Waals surface area (Å²) in [4.78, 5) is 24.1. The van der Waals surface area contributed by atoms with E-state index in [2.05, 4.69) is 28.8 Å². The average molecular weight is 401 g/mol. The number of fused-ring (bicyclic) bond motifs is 1. The first-order valence-electron chi connectivity index (χ1n) is 9.55. The topological polar surface area (TPSA) is 58.2 Å². The van der Waals surface area contributed by atoms with E-state index in [0.717, 1.165) is 18.4 Å². The molecule has 28 heavy (non-hydrogen) atoms. The van der Waals surface area contributed by atoms with Crippen molar-refractivity contribution in [1.82, 2.24) is 5.32 Å². The highest BCUT2D eigenvalue weighted by atomic mass is 32.2. The van der Waals surface area contributed by atoms with Crippen LogP contribution in [0, 0.1) is 5.82 Å². The van der Waals surface area contributed by atoms with Crippen LogP contribution in [0.15, 0.2) is 42.5 Å². The van der Waals surface area contributed by atoms with Crippen LogP contribution in [0.1, 0.15) is 42.5 Å². The van der Waals surface area contributed by atoms with Gasteiger partial charge in [-0.25, -0.2) is 4.39 Å². The normalized spacial score (nSPS) is 14.1. The highest BCUT2D eigenvalue weighted by molar-refractivity contribution is 8.00. The van der Waals surface area contributed by atoms with Gasteiger partial charge in [-0.2, -0.15) is 0 Å². The molecular weight excluding hydrogens is 375 g/mol. The Morgan fingerprint density at radius 3 is 2.43 bits per heavy atom. The van der Waals surface area contributed by atoms with E-state index in [1.807, 2.05) is 6.92 Å². The second kappa shape index (κ2) is 9.73. The van der Waals surface area contributed by atoms with E-state index in [0.29, 0.717) is 5.69 Å². The maximum absolute atomic E-state index is 12.9. The summed E-state index contributed by atoms with van der Waals surface area (Å²) in [5.41, 5.74) is 4.48. The number of halogens is 1. The molecule has 2 N–H and O–H groups in total. The van der Waals surface area contributed by atoms with Crippen molar-refractivity contribution in [1.29, 1.82) is 0 Å². The van der Waals surface area contributed by atoms with Gasteiger partial charge < -0.3 is 10.6 Å². The van der Waals surface area contributed by atoms with Gasteiger partial charge in [-0.05, 0) is 73.6 Å². The summed E-state index contributed by atoms with van der Waals surface area (Å²) in [5, 5.41) is 5.68. The number of hydrogen-bond donors (Lipinski definition) is 2. The van der Waals surface area contributed by atoms with Crippen LogP contribution in [0.3, 0.4) is 0 Å². The van der Waals surface area contributed by atoms with E-state index < -0.39 is 0 Å². The average Bonchev–Trinajstić information content (AvgIpc) is 2.69. The molecule has 2 aromatic rings. The number of rotatable bonds is 7. The fourth-order valence-electron chi connectivity index (χ4n) is 3.36. The molecule has 0 spiro atoms. The molecule has 1 atom stereocenters. The van der Waals surface area contributed by atoms with Crippen molar-refractivity contribution in [3.8, 4) is 0 Å². The molecule has 0 fully saturated rings. The third-order valence-corrected chi connectivity index (χ3v) is 5.78. The second-order valence-corrected chi connectivity index (χ2v) is 8.06. The molecule has 2 amide bonds. The number of amides is 2. The summed E-state index contributed by atoms with van der Waals surface area (Å²) in [5.74, 6) is -0.279. The second-order valence-electron chi connectivity index (χ2n) is 7.07. The molecule has 0 aromatic heterocycles. The Morgan fingerprint density at radius 1 is 1.00 bits per heavy atom. The zero-order valence-corrected chi connectivity index (χ0v) is 16.8. The molecule has 1 unspecified atom stereocenters. The smallest absolute Gasteiger partial charge is 0.234 e. The third-order valence-electron chi connectivity index (χ3n) is 4.84. The van der Waals surface area contributed by atoms with Crippen LogP contribution in [0.25, 0.3) is 0 Å². The number of benzene rings is 2. The van der Waals surface area contributed by atoms with Crippen LogP contribution >= 0.6 is 11.8 Å². The van der Waals surface area contributed by atoms with Crippen LogP contribution in [0.4, 0.5) is 10.1 Å². The number of hydrogen-bond acceptors (Lipinski definition) is 3. The van der Waals surface area contributed by atoms with Crippen LogP contribution in [0.5, 0.6) is 0 Å². The molecule has 2 aromatic carbocycles. The number of thioether (sulfide) groups is 1. The molecule has 0 radical (unpaired) electrons. The predicted octanol–water partition coefficient (Wildman–Crippen LogP) is 4.25. The summed E-state index contributed by atoms with van der Waals surface area (Å²) >= 11 is 1.25. The summed E-state index contributed by atoms with van der Waals surface area (Å²) in [7, 11) is 0. The van der Waals surface area contributed by atoms with Gasteiger partial charge in [0.1, 0.15) is 5.82 Å². The fourth-order valence-corrected chi connectivity index (χ4v) is 3.98. The van der Waals surface area contributed by atoms with Gasteiger partial charge in [-0.15, -0.1) is 11.8 Å². The molecule has 0 heterocycles. The van der Waals surface area contributed by atoms with Gasteiger partial charge >= 0.3 is 0 Å². The molecule has 6 heteroatoms. The lowest BCUT2D eigenvalue weighted by Gasteiger charge is -2.20. The molecule has 0 bridgehead atoms. The van der Waals surface area contributed by atoms with Crippen molar-refractivity contribution in [2.75, 3.05) is 16.8 Å². The Kier molecular flexibility index (Phi) is 7.09. The van der Waals surface area contributed by atoms with Crippen molar-refractivity contribution >= 4 is 29.3 Å². The van der Waals surface area contributed by atoms with Crippen LogP contribution < -0.4 is 10.6 Å². The number of nitrogens with one attached hydrogen (secondary N) is 2. The molecule has 148 valence electrons. The lowest BCUT2D eigenvalue weighted by molar-refractivity contribution is -0.119. The molecule has 0 saturated heterocycles. The highest BCUT2D eigenvalue weighted by Crippen LogP contribution is 2.24. The Labute approximate surface area is 169 Å². The summed E-state index contributed by atoms with van der Waals surface area (Å²) in [6.45, 7) is 1.98. The number of carbonyl (C=O) groups excluding carboxylic acids is 2. The molecule has 0 saturated carbocycles. The summed E-state index contributed by atoms with van der Waals surface area (Å²) < 4.78 is 12.9. The maximum Gasteiger partial charge on any atom is 0.234 e. The molecule has 1 aliphatic carbocycles. The summed E-state index contributed by atoms with van der Waals surface area (Å²) in [6.07, 6.45) is 4.74. The first-order chi connectivity index (χ1) is 13.5. The summed E-state index contributed by atoms with van der Waals surface area (Å²) in [6, 6.07) is 12.0. The first-order valence-corrected chi connectivity index (χ1v) is 10.7. The largest absolute Gasteiger partial charge is 0.349 e. The van der Waals surface area contributed by atoms with E-state index in [9.17, 15) is 14.0 Å². The molecule has 3 rings (SSSR count). The molecule has 4 nitrogen and oxygen atoms in total. The van der Waals surface area contributed by atoms with Crippen molar-refractivity contribution in [2.45, 2.75) is 38.6 Å². The monoisotopic (exact) mass is 400 g/mol.